The number of nitrogens with zero attached hydrogens (tertiary/aromatic N) is 2. The van der Waals surface area contributed by atoms with Crippen molar-refractivity contribution in [3.63, 3.8) is 0 Å². The Morgan fingerprint density at radius 2 is 0.651 bits per heavy atom. The van der Waals surface area contributed by atoms with Gasteiger partial charge in [-0.15, -0.1) is 0 Å². The van der Waals surface area contributed by atoms with E-state index in [2.05, 4.69) is 325 Å². The molecule has 4 fully saturated rings. The molecule has 1 spiro atoms. The van der Waals surface area contributed by atoms with Gasteiger partial charge in [0.15, 0.2) is 16.1 Å². The minimum atomic E-state index is -2.95. The van der Waals surface area contributed by atoms with Crippen LogP contribution in [-0.4, -0.2) is 20.7 Å². The molecular formula is C82H66N2Si2. The Labute approximate surface area is 507 Å². The van der Waals surface area contributed by atoms with Crippen molar-refractivity contribution < 1.29 is 0 Å². The normalized spacial score (nSPS) is 18.3. The van der Waals surface area contributed by atoms with Crippen molar-refractivity contribution in [3.05, 3.63) is 327 Å². The molecule has 5 aliphatic rings. The van der Waals surface area contributed by atoms with E-state index in [9.17, 15) is 0 Å². The van der Waals surface area contributed by atoms with E-state index in [1.165, 1.54) is 124 Å². The number of aromatic nitrogens is 1. The second-order valence-corrected chi connectivity index (χ2v) is 32.7. The molecule has 4 saturated carbocycles. The van der Waals surface area contributed by atoms with Gasteiger partial charge >= 0.3 is 0 Å². The quantitative estimate of drug-likeness (QED) is 0.0926. The Kier molecular flexibility index (Phi) is 12.2. The fourth-order valence-electron chi connectivity index (χ4n) is 18.0. The summed E-state index contributed by atoms with van der Waals surface area (Å²) in [5.74, 6) is 3.14. The van der Waals surface area contributed by atoms with Gasteiger partial charge in [-0.3, -0.25) is 0 Å². The van der Waals surface area contributed by atoms with E-state index < -0.39 is 16.1 Å². The third-order valence-electron chi connectivity index (χ3n) is 21.0. The smallest absolute Gasteiger partial charge is 0.179 e. The van der Waals surface area contributed by atoms with Gasteiger partial charge in [0.1, 0.15) is 0 Å². The molecule has 0 unspecified atom stereocenters. The van der Waals surface area contributed by atoms with Gasteiger partial charge in [-0.1, -0.05) is 273 Å². The van der Waals surface area contributed by atoms with Crippen LogP contribution in [0.5, 0.6) is 0 Å². The van der Waals surface area contributed by atoms with E-state index in [1.54, 1.807) is 11.1 Å². The van der Waals surface area contributed by atoms with Gasteiger partial charge in [-0.2, -0.15) is 0 Å². The van der Waals surface area contributed by atoms with Crippen LogP contribution in [0.4, 0.5) is 17.1 Å². The van der Waals surface area contributed by atoms with Gasteiger partial charge in [0.2, 0.25) is 0 Å². The van der Waals surface area contributed by atoms with E-state index in [0.717, 1.165) is 17.5 Å². The van der Waals surface area contributed by atoms with E-state index in [0.29, 0.717) is 11.8 Å². The first kappa shape index (κ1) is 51.1. The summed E-state index contributed by atoms with van der Waals surface area (Å²) in [5.41, 5.74) is 12.9. The molecule has 4 bridgehead atoms. The molecule has 0 radical (unpaired) electrons. The number of fused-ring (bicyclic) bond motifs is 5. The van der Waals surface area contributed by atoms with Crippen LogP contribution in [0.15, 0.2) is 315 Å². The van der Waals surface area contributed by atoms with Crippen molar-refractivity contribution in [3.8, 4) is 16.8 Å². The average molecular weight is 1140 g/mol. The molecule has 0 N–H and O–H groups in total. The Balaban J connectivity index is 0.907. The number of benzene rings is 12. The molecule has 412 valence electrons. The molecule has 12 aromatic carbocycles. The van der Waals surface area contributed by atoms with Gasteiger partial charge < -0.3 is 9.47 Å². The van der Waals surface area contributed by atoms with Gasteiger partial charge in [0.05, 0.1) is 28.1 Å². The minimum Gasteiger partial charge on any atom is -0.310 e. The van der Waals surface area contributed by atoms with Crippen LogP contribution in [0.1, 0.15) is 43.2 Å². The first-order valence-corrected chi connectivity index (χ1v) is 35.2. The summed E-state index contributed by atoms with van der Waals surface area (Å²) < 4.78 is 2.59. The fraction of sp³-hybridized carbons (Fsp3) is 0.122. The monoisotopic (exact) mass is 1130 g/mol. The standard InChI is InChI=1S/C82H66N2Si2/c1-7-28-64(29-8-1)85(65-30-9-2-10-31-65,66-32-11-3-12-33-66)70-46-48-78-73(56-70)74-57-71(86(67-34-13-4-14-35-67,68-36-15-5-16-37-68)69-38-17-6-18-39-69)47-49-79(74)84(78)77-43-22-19-40-72(77)60-26-25-27-63(55-60)83-80-44-23-20-41-75(80)82(76-42-21-24-45-81(76)83)61-51-58-50-59(53-61)54-62(82)52-58/h1-49,55-59,61-62H,50-54H2/t58-,59+,61-,62?. The first-order valence-electron chi connectivity index (χ1n) is 31.2. The Morgan fingerprint density at radius 1 is 0.291 bits per heavy atom. The molecule has 0 saturated heterocycles. The number of para-hydroxylation sites is 3. The zero-order valence-electron chi connectivity index (χ0n) is 48.3. The summed E-state index contributed by atoms with van der Waals surface area (Å²) in [7, 11) is -5.89. The molecule has 18 rings (SSSR count). The van der Waals surface area contributed by atoms with Crippen molar-refractivity contribution in [2.45, 2.75) is 37.5 Å². The summed E-state index contributed by atoms with van der Waals surface area (Å²) >= 11 is 0. The lowest BCUT2D eigenvalue weighted by atomic mass is 9.41. The number of rotatable bonds is 11. The van der Waals surface area contributed by atoms with Crippen LogP contribution in [0, 0.1) is 23.7 Å². The molecule has 4 heteroatoms. The molecule has 1 aromatic heterocycles. The van der Waals surface area contributed by atoms with E-state index in [4.69, 9.17) is 0 Å². The largest absolute Gasteiger partial charge is 0.310 e. The predicted molar refractivity (Wildman–Crippen MR) is 366 cm³/mol. The van der Waals surface area contributed by atoms with Gasteiger partial charge in [0, 0.05) is 27.4 Å². The number of anilines is 3. The third-order valence-corrected chi connectivity index (χ3v) is 30.6. The predicted octanol–water partition coefficient (Wildman–Crippen LogP) is 14.7. The molecule has 0 amide bonds. The zero-order valence-corrected chi connectivity index (χ0v) is 50.3. The second kappa shape index (κ2) is 20.4. The zero-order chi connectivity index (χ0) is 56.8. The third kappa shape index (κ3) is 7.55. The van der Waals surface area contributed by atoms with E-state index in [1.807, 2.05) is 0 Å². The van der Waals surface area contributed by atoms with Gasteiger partial charge in [-0.05, 0) is 156 Å². The van der Waals surface area contributed by atoms with Crippen molar-refractivity contribution in [2.24, 2.45) is 23.7 Å². The highest BCUT2D eigenvalue weighted by Crippen LogP contribution is 2.69. The summed E-state index contributed by atoms with van der Waals surface area (Å²) in [6, 6.07) is 121. The lowest BCUT2D eigenvalue weighted by Gasteiger charge is -2.64. The van der Waals surface area contributed by atoms with E-state index >= 15 is 0 Å². The molecule has 13 aromatic rings. The van der Waals surface area contributed by atoms with Gasteiger partial charge in [0.25, 0.3) is 0 Å². The van der Waals surface area contributed by atoms with Crippen molar-refractivity contribution in [1.29, 1.82) is 0 Å². The lowest BCUT2D eigenvalue weighted by molar-refractivity contribution is -0.0419. The maximum atomic E-state index is 2.61. The Hall–Kier alpha value is -9.33. The first-order chi connectivity index (χ1) is 42.6. The highest BCUT2D eigenvalue weighted by Gasteiger charge is 2.61. The van der Waals surface area contributed by atoms with Crippen molar-refractivity contribution in [1.82, 2.24) is 4.57 Å². The van der Waals surface area contributed by atoms with E-state index in [-0.39, 0.29) is 5.41 Å². The molecule has 1 aliphatic heterocycles. The van der Waals surface area contributed by atoms with Crippen LogP contribution in [0.3, 0.4) is 0 Å². The van der Waals surface area contributed by atoms with Crippen LogP contribution in [0.2, 0.25) is 0 Å². The second-order valence-electron chi connectivity index (χ2n) is 25.1. The van der Waals surface area contributed by atoms with Crippen LogP contribution >= 0.6 is 0 Å². The topological polar surface area (TPSA) is 8.17 Å². The fourth-order valence-corrected chi connectivity index (χ4v) is 27.5. The maximum Gasteiger partial charge on any atom is 0.179 e. The molecular weight excluding hydrogens is 1070 g/mol. The van der Waals surface area contributed by atoms with Crippen LogP contribution in [-0.2, 0) is 5.41 Å². The summed E-state index contributed by atoms with van der Waals surface area (Å²) in [4.78, 5) is 2.61. The molecule has 86 heavy (non-hydrogen) atoms. The SMILES string of the molecule is c1ccc([Si](c2ccccc2)(c2ccccc2)c2ccc3c(c2)c2cc([Si](c4ccccc4)(c4ccccc4)c4ccccc4)ccc2n3-c2ccccc2-c2cccc(N3c4ccccc4C4(c5ccccc53)C3C[C@H]5C[C@@H](C3)C[C@@H]4C5)c2)cc1. The summed E-state index contributed by atoms with van der Waals surface area (Å²) in [6.07, 6.45) is 6.89. The van der Waals surface area contributed by atoms with Crippen molar-refractivity contribution in [2.75, 3.05) is 4.90 Å². The highest BCUT2D eigenvalue weighted by molar-refractivity contribution is 7.20. The summed E-state index contributed by atoms with van der Waals surface area (Å²) in [6.45, 7) is 0. The molecule has 0 atom stereocenters. The highest BCUT2D eigenvalue weighted by atomic mass is 28.3. The molecule has 2 nitrogen and oxygen atoms in total. The van der Waals surface area contributed by atoms with Crippen molar-refractivity contribution >= 4 is 96.5 Å². The average Bonchev–Trinajstić information content (AvgIpc) is 0.771. The number of hydrogen-bond donors (Lipinski definition) is 0. The van der Waals surface area contributed by atoms with Crippen LogP contribution < -0.4 is 46.4 Å². The Morgan fingerprint density at radius 3 is 1.06 bits per heavy atom. The Bertz CT molecular complexity index is 4200. The molecule has 2 heterocycles. The van der Waals surface area contributed by atoms with Gasteiger partial charge in [-0.25, -0.2) is 0 Å². The lowest BCUT2D eigenvalue weighted by Crippen LogP contribution is -2.74. The maximum absolute atomic E-state index is 2.95. The number of hydrogen-bond acceptors (Lipinski definition) is 1. The minimum absolute atomic E-state index is 0.0501. The summed E-state index contributed by atoms with van der Waals surface area (Å²) in [5, 5.41) is 13.4. The van der Waals surface area contributed by atoms with Crippen LogP contribution in [0.25, 0.3) is 38.6 Å². The molecule has 4 aliphatic carbocycles.